The second-order valence-corrected chi connectivity index (χ2v) is 7.47. The average Bonchev–Trinajstić information content (AvgIpc) is 2.47. The first-order valence-corrected chi connectivity index (χ1v) is 8.43. The molecule has 0 aliphatic carbocycles. The van der Waals surface area contributed by atoms with E-state index in [0.717, 1.165) is 25.9 Å². The van der Waals surface area contributed by atoms with Gasteiger partial charge in [-0.15, -0.1) is 0 Å². The second-order valence-electron chi connectivity index (χ2n) is 7.47. The van der Waals surface area contributed by atoms with E-state index >= 15 is 0 Å². The molecule has 0 bridgehead atoms. The lowest BCUT2D eigenvalue weighted by molar-refractivity contribution is 0.0537. The number of phenolic OH excluding ortho intramolecular Hbond substituents is 1. The molecule has 3 heteroatoms. The van der Waals surface area contributed by atoms with Crippen molar-refractivity contribution in [2.45, 2.75) is 45.1 Å². The van der Waals surface area contributed by atoms with E-state index in [1.54, 1.807) is 0 Å². The van der Waals surface area contributed by atoms with Gasteiger partial charge in [0.2, 0.25) is 0 Å². The van der Waals surface area contributed by atoms with E-state index in [4.69, 9.17) is 0 Å². The minimum Gasteiger partial charge on any atom is -0.508 e. The molecule has 124 valence electrons. The van der Waals surface area contributed by atoms with Crippen LogP contribution in [0.4, 0.5) is 0 Å². The second kappa shape index (κ2) is 6.59. The molecule has 0 amide bonds. The molecule has 0 aromatic heterocycles. The van der Waals surface area contributed by atoms with Crippen LogP contribution in [0.25, 0.3) is 0 Å². The summed E-state index contributed by atoms with van der Waals surface area (Å²) in [7, 11) is 6.52. The van der Waals surface area contributed by atoms with Crippen LogP contribution in [0.2, 0.25) is 0 Å². The van der Waals surface area contributed by atoms with Gasteiger partial charge in [-0.05, 0) is 90.1 Å². The molecule has 1 heterocycles. The van der Waals surface area contributed by atoms with Crippen LogP contribution in [0.1, 0.15) is 37.8 Å². The molecule has 0 saturated carbocycles. The fourth-order valence-electron chi connectivity index (χ4n) is 4.09. The van der Waals surface area contributed by atoms with E-state index in [1.807, 2.05) is 12.1 Å². The number of piperidine rings is 1. The van der Waals surface area contributed by atoms with Crippen molar-refractivity contribution in [1.29, 1.82) is 0 Å². The lowest BCUT2D eigenvalue weighted by Crippen LogP contribution is -2.53. The van der Waals surface area contributed by atoms with Crippen LogP contribution in [0.15, 0.2) is 18.2 Å². The smallest absolute Gasteiger partial charge is 0.115 e. The first kappa shape index (κ1) is 17.3. The number of nitrogens with zero attached hydrogens (tertiary/aromatic N) is 2. The summed E-state index contributed by atoms with van der Waals surface area (Å²) in [5, 5.41) is 10.0. The first-order valence-electron chi connectivity index (χ1n) is 8.43. The van der Waals surface area contributed by atoms with Gasteiger partial charge in [-0.25, -0.2) is 0 Å². The van der Waals surface area contributed by atoms with Gasteiger partial charge in [0.05, 0.1) is 0 Å². The normalized spacial score (nSPS) is 30.0. The Morgan fingerprint density at radius 3 is 2.64 bits per heavy atom. The van der Waals surface area contributed by atoms with Crippen LogP contribution in [0, 0.1) is 12.8 Å². The molecule has 3 nitrogen and oxygen atoms in total. The Hall–Kier alpha value is -1.06. The van der Waals surface area contributed by atoms with Gasteiger partial charge in [0.1, 0.15) is 5.75 Å². The van der Waals surface area contributed by atoms with Crippen molar-refractivity contribution < 1.29 is 5.11 Å². The standard InChI is InChI=1S/C19H32N2O/c1-14-7-8-17(22)13-18(14)19(9-11-20(4)5)10-12-21(6)16(3)15(19)2/h7-8,13,15-16,22H,9-12H2,1-6H3/t15-,16?,19?/m0/s1. The molecule has 1 fully saturated rings. The minimum atomic E-state index is 0.152. The number of phenols is 1. The highest BCUT2D eigenvalue weighted by molar-refractivity contribution is 5.40. The molecule has 0 radical (unpaired) electrons. The summed E-state index contributed by atoms with van der Waals surface area (Å²) in [5.41, 5.74) is 2.81. The third kappa shape index (κ3) is 3.16. The van der Waals surface area contributed by atoms with Crippen molar-refractivity contribution in [2.75, 3.05) is 34.2 Å². The summed E-state index contributed by atoms with van der Waals surface area (Å²) < 4.78 is 0. The van der Waals surface area contributed by atoms with E-state index in [1.165, 1.54) is 11.1 Å². The van der Waals surface area contributed by atoms with Crippen LogP contribution >= 0.6 is 0 Å². The van der Waals surface area contributed by atoms with Gasteiger partial charge in [0.15, 0.2) is 0 Å². The van der Waals surface area contributed by atoms with Crippen molar-refractivity contribution in [2.24, 2.45) is 5.92 Å². The third-order valence-corrected chi connectivity index (χ3v) is 5.96. The first-order chi connectivity index (χ1) is 10.3. The van der Waals surface area contributed by atoms with E-state index in [2.05, 4.69) is 57.8 Å². The Bertz CT molecular complexity index is 514. The summed E-state index contributed by atoms with van der Waals surface area (Å²) in [4.78, 5) is 4.74. The third-order valence-electron chi connectivity index (χ3n) is 5.96. The van der Waals surface area contributed by atoms with Gasteiger partial charge < -0.3 is 14.9 Å². The lowest BCUT2D eigenvalue weighted by atomic mass is 9.61. The molecular weight excluding hydrogens is 272 g/mol. The Kier molecular flexibility index (Phi) is 5.18. The zero-order valence-corrected chi connectivity index (χ0v) is 15.1. The molecule has 3 atom stereocenters. The number of aromatic hydroxyl groups is 1. The SMILES string of the molecule is Cc1ccc(O)cc1C1(CCN(C)C)CCN(C)C(C)[C@@H]1C. The van der Waals surface area contributed by atoms with Crippen LogP contribution in [-0.2, 0) is 5.41 Å². The number of aryl methyl sites for hydroxylation is 1. The summed E-state index contributed by atoms with van der Waals surface area (Å²) in [6.45, 7) is 9.11. The Labute approximate surface area is 135 Å². The predicted octanol–water partition coefficient (Wildman–Crippen LogP) is 3.25. The minimum absolute atomic E-state index is 0.152. The largest absolute Gasteiger partial charge is 0.508 e. The fraction of sp³-hybridized carbons (Fsp3) is 0.684. The van der Waals surface area contributed by atoms with E-state index in [0.29, 0.717) is 17.7 Å². The van der Waals surface area contributed by atoms with Gasteiger partial charge in [0.25, 0.3) is 0 Å². The average molecular weight is 304 g/mol. The maximum absolute atomic E-state index is 10.0. The zero-order valence-electron chi connectivity index (χ0n) is 15.1. The number of rotatable bonds is 4. The van der Waals surface area contributed by atoms with Crippen LogP contribution in [0.3, 0.4) is 0 Å². The molecule has 1 aromatic carbocycles. The monoisotopic (exact) mass is 304 g/mol. The number of hydrogen-bond acceptors (Lipinski definition) is 3. The molecule has 1 saturated heterocycles. The molecule has 22 heavy (non-hydrogen) atoms. The van der Waals surface area contributed by atoms with Crippen molar-refractivity contribution in [3.63, 3.8) is 0 Å². The van der Waals surface area contributed by atoms with Crippen LogP contribution < -0.4 is 0 Å². The lowest BCUT2D eigenvalue weighted by Gasteiger charge is -2.51. The molecule has 0 spiro atoms. The molecule has 1 aliphatic rings. The van der Waals surface area contributed by atoms with Gasteiger partial charge in [0, 0.05) is 11.5 Å². The molecule has 1 aromatic rings. The molecule has 2 unspecified atom stereocenters. The highest BCUT2D eigenvalue weighted by Gasteiger charge is 2.45. The van der Waals surface area contributed by atoms with Crippen molar-refractivity contribution in [3.8, 4) is 5.75 Å². The van der Waals surface area contributed by atoms with Crippen LogP contribution in [-0.4, -0.2) is 55.2 Å². The maximum Gasteiger partial charge on any atom is 0.115 e. The Morgan fingerprint density at radius 2 is 2.00 bits per heavy atom. The summed E-state index contributed by atoms with van der Waals surface area (Å²) in [6, 6.07) is 6.44. The molecule has 1 N–H and O–H groups in total. The van der Waals surface area contributed by atoms with Gasteiger partial charge in [-0.3, -0.25) is 0 Å². The van der Waals surface area contributed by atoms with Gasteiger partial charge >= 0.3 is 0 Å². The van der Waals surface area contributed by atoms with Crippen LogP contribution in [0.5, 0.6) is 5.75 Å². The molecular formula is C19H32N2O. The fourth-order valence-corrected chi connectivity index (χ4v) is 4.09. The van der Waals surface area contributed by atoms with Crippen molar-refractivity contribution in [1.82, 2.24) is 9.80 Å². The summed E-state index contributed by atoms with van der Waals surface area (Å²) in [6.07, 6.45) is 2.30. The number of likely N-dealkylation sites (tertiary alicyclic amines) is 1. The highest BCUT2D eigenvalue weighted by Crippen LogP contribution is 2.46. The number of benzene rings is 1. The Balaban J connectivity index is 2.48. The maximum atomic E-state index is 10.0. The summed E-state index contributed by atoms with van der Waals surface area (Å²) >= 11 is 0. The molecule has 2 rings (SSSR count). The molecule has 1 aliphatic heterocycles. The Morgan fingerprint density at radius 1 is 1.32 bits per heavy atom. The van der Waals surface area contributed by atoms with E-state index < -0.39 is 0 Å². The number of hydrogen-bond donors (Lipinski definition) is 1. The van der Waals surface area contributed by atoms with Crippen molar-refractivity contribution >= 4 is 0 Å². The van der Waals surface area contributed by atoms with E-state index in [9.17, 15) is 5.11 Å². The highest BCUT2D eigenvalue weighted by atomic mass is 16.3. The van der Waals surface area contributed by atoms with Gasteiger partial charge in [-0.2, -0.15) is 0 Å². The quantitative estimate of drug-likeness (QED) is 0.925. The van der Waals surface area contributed by atoms with Crippen molar-refractivity contribution in [3.05, 3.63) is 29.3 Å². The van der Waals surface area contributed by atoms with E-state index in [-0.39, 0.29) is 5.41 Å². The summed E-state index contributed by atoms with van der Waals surface area (Å²) in [5.74, 6) is 0.954. The zero-order chi connectivity index (χ0) is 16.5. The van der Waals surface area contributed by atoms with Gasteiger partial charge in [-0.1, -0.05) is 13.0 Å². The topological polar surface area (TPSA) is 26.7 Å². The predicted molar refractivity (Wildman–Crippen MR) is 93.6 cm³/mol.